The Morgan fingerprint density at radius 2 is 1.82 bits per heavy atom. The van der Waals surface area contributed by atoms with Crippen molar-refractivity contribution < 1.29 is 0 Å². The van der Waals surface area contributed by atoms with Gasteiger partial charge in [-0.25, -0.2) is 0 Å². The minimum atomic E-state index is 0.327. The van der Waals surface area contributed by atoms with Crippen LogP contribution in [0.5, 0.6) is 0 Å². The van der Waals surface area contributed by atoms with Crippen LogP contribution in [0.15, 0.2) is 34.9 Å². The molecule has 1 saturated carbocycles. The number of hydrogen-bond acceptors (Lipinski definition) is 0. The summed E-state index contributed by atoms with van der Waals surface area (Å²) in [6.07, 6.45) is 18.8. The third kappa shape index (κ3) is 2.25. The van der Waals surface area contributed by atoms with Gasteiger partial charge in [0.2, 0.25) is 0 Å². The zero-order valence-corrected chi connectivity index (χ0v) is 14.7. The summed E-state index contributed by atoms with van der Waals surface area (Å²) in [6.45, 7) is 7.28. The van der Waals surface area contributed by atoms with E-state index in [4.69, 9.17) is 0 Å². The molecule has 0 bridgehead atoms. The van der Waals surface area contributed by atoms with Crippen LogP contribution in [-0.2, 0) is 0 Å². The molecule has 4 rings (SSSR count). The summed E-state index contributed by atoms with van der Waals surface area (Å²) < 4.78 is 0. The molecule has 0 amide bonds. The first-order valence-electron chi connectivity index (χ1n) is 9.66. The number of allylic oxidation sites excluding steroid dienone is 6. The van der Waals surface area contributed by atoms with Crippen molar-refractivity contribution >= 4 is 0 Å². The molecule has 0 heterocycles. The minimum Gasteiger partial charge on any atom is -0.0885 e. The van der Waals surface area contributed by atoms with Crippen LogP contribution < -0.4 is 0 Å². The maximum absolute atomic E-state index is 2.60. The molecule has 0 aromatic heterocycles. The first kappa shape index (κ1) is 14.8. The Labute approximate surface area is 136 Å². The van der Waals surface area contributed by atoms with Gasteiger partial charge in [0.15, 0.2) is 0 Å². The molecule has 4 aliphatic rings. The minimum absolute atomic E-state index is 0.327. The van der Waals surface area contributed by atoms with Gasteiger partial charge in [0.1, 0.15) is 0 Å². The highest BCUT2D eigenvalue weighted by Gasteiger charge is 2.49. The molecule has 4 unspecified atom stereocenters. The van der Waals surface area contributed by atoms with Gasteiger partial charge in [-0.2, -0.15) is 0 Å². The van der Waals surface area contributed by atoms with Crippen molar-refractivity contribution in [1.82, 2.24) is 0 Å². The van der Waals surface area contributed by atoms with Gasteiger partial charge in [-0.3, -0.25) is 0 Å². The van der Waals surface area contributed by atoms with Gasteiger partial charge < -0.3 is 0 Å². The Morgan fingerprint density at radius 1 is 1.00 bits per heavy atom. The zero-order chi connectivity index (χ0) is 15.3. The molecule has 4 aliphatic carbocycles. The van der Waals surface area contributed by atoms with Crippen molar-refractivity contribution in [2.75, 3.05) is 0 Å². The van der Waals surface area contributed by atoms with Gasteiger partial charge in [0.05, 0.1) is 0 Å². The summed E-state index contributed by atoms with van der Waals surface area (Å²) in [5.41, 5.74) is 5.79. The normalized spacial score (nSPS) is 38.0. The van der Waals surface area contributed by atoms with Gasteiger partial charge in [0, 0.05) is 0 Å². The second-order valence-corrected chi connectivity index (χ2v) is 9.14. The highest BCUT2D eigenvalue weighted by atomic mass is 14.5. The average molecular weight is 296 g/mol. The van der Waals surface area contributed by atoms with Crippen LogP contribution in [0.3, 0.4) is 0 Å². The lowest BCUT2D eigenvalue weighted by Crippen LogP contribution is -2.30. The van der Waals surface area contributed by atoms with Crippen LogP contribution in [0, 0.1) is 29.1 Å². The molecule has 0 aliphatic heterocycles. The van der Waals surface area contributed by atoms with E-state index in [9.17, 15) is 0 Å². The van der Waals surface area contributed by atoms with E-state index in [1.54, 1.807) is 5.57 Å². The average Bonchev–Trinajstić information content (AvgIpc) is 3.05. The van der Waals surface area contributed by atoms with E-state index >= 15 is 0 Å². The van der Waals surface area contributed by atoms with E-state index in [1.165, 1.54) is 51.4 Å². The van der Waals surface area contributed by atoms with Crippen LogP contribution in [0.25, 0.3) is 0 Å². The molecular weight excluding hydrogens is 264 g/mol. The van der Waals surface area contributed by atoms with E-state index in [0.717, 1.165) is 23.7 Å². The van der Waals surface area contributed by atoms with E-state index in [-0.39, 0.29) is 0 Å². The summed E-state index contributed by atoms with van der Waals surface area (Å²) in [6, 6.07) is 0. The number of hydrogen-bond donors (Lipinski definition) is 0. The number of rotatable bonds is 1. The Morgan fingerprint density at radius 3 is 2.55 bits per heavy atom. The molecule has 0 aromatic carbocycles. The number of fused-ring (bicyclic) bond motifs is 2. The first-order chi connectivity index (χ1) is 10.6. The lowest BCUT2D eigenvalue weighted by atomic mass is 9.66. The lowest BCUT2D eigenvalue weighted by Gasteiger charge is -2.38. The zero-order valence-electron chi connectivity index (χ0n) is 14.7. The van der Waals surface area contributed by atoms with Crippen LogP contribution in [0.1, 0.15) is 72.1 Å². The highest BCUT2D eigenvalue weighted by Crippen LogP contribution is 2.60. The molecule has 0 N–H and O–H groups in total. The molecule has 0 spiro atoms. The van der Waals surface area contributed by atoms with Crippen LogP contribution >= 0.6 is 0 Å². The molecule has 22 heavy (non-hydrogen) atoms. The Hall–Kier alpha value is -0.780. The monoisotopic (exact) mass is 296 g/mol. The van der Waals surface area contributed by atoms with Crippen molar-refractivity contribution in [3.8, 4) is 0 Å². The largest absolute Gasteiger partial charge is 0.0885 e. The second-order valence-electron chi connectivity index (χ2n) is 9.14. The highest BCUT2D eigenvalue weighted by molar-refractivity contribution is 5.52. The summed E-state index contributed by atoms with van der Waals surface area (Å²) in [5.74, 6) is 3.74. The second kappa shape index (κ2) is 5.39. The molecule has 1 fully saturated rings. The van der Waals surface area contributed by atoms with Crippen molar-refractivity contribution in [3.63, 3.8) is 0 Å². The molecule has 4 atom stereocenters. The van der Waals surface area contributed by atoms with Crippen molar-refractivity contribution in [3.05, 3.63) is 34.9 Å². The predicted octanol–water partition coefficient (Wildman–Crippen LogP) is 6.45. The van der Waals surface area contributed by atoms with E-state index < -0.39 is 0 Å². The fourth-order valence-corrected chi connectivity index (χ4v) is 6.02. The van der Waals surface area contributed by atoms with Crippen molar-refractivity contribution in [2.45, 2.75) is 72.1 Å². The maximum atomic E-state index is 2.60. The molecule has 0 aromatic rings. The van der Waals surface area contributed by atoms with Crippen molar-refractivity contribution in [1.29, 1.82) is 0 Å². The van der Waals surface area contributed by atoms with E-state index in [2.05, 4.69) is 39.0 Å². The maximum Gasteiger partial charge on any atom is -0.00939 e. The molecule has 0 radical (unpaired) electrons. The third-order valence-electron chi connectivity index (χ3n) is 6.85. The van der Waals surface area contributed by atoms with Crippen LogP contribution in [0.2, 0.25) is 0 Å². The Kier molecular flexibility index (Phi) is 3.62. The summed E-state index contributed by atoms with van der Waals surface area (Å²) in [5, 5.41) is 0. The van der Waals surface area contributed by atoms with Gasteiger partial charge in [-0.1, -0.05) is 57.4 Å². The summed E-state index contributed by atoms with van der Waals surface area (Å²) >= 11 is 0. The Bertz CT molecular complexity index is 537. The molecule has 120 valence electrons. The molecule has 0 saturated heterocycles. The van der Waals surface area contributed by atoms with Crippen LogP contribution in [-0.4, -0.2) is 0 Å². The topological polar surface area (TPSA) is 0 Å². The van der Waals surface area contributed by atoms with Crippen molar-refractivity contribution in [2.24, 2.45) is 29.1 Å². The fourth-order valence-electron chi connectivity index (χ4n) is 6.02. The molecule has 0 nitrogen and oxygen atoms in total. The van der Waals surface area contributed by atoms with Gasteiger partial charge in [-0.15, -0.1) is 0 Å². The molecular formula is C22H32. The van der Waals surface area contributed by atoms with Crippen LogP contribution in [0.4, 0.5) is 0 Å². The predicted molar refractivity (Wildman–Crippen MR) is 94.6 cm³/mol. The standard InChI is InChI=1S/C22H32/c1-22(2,3)19-14-13-18-16-11-7-8-12-17(16)20(21(18)19)15-9-5-4-6-10-15/h4-5,14-17,20H,6-13H2,1-3H3. The summed E-state index contributed by atoms with van der Waals surface area (Å²) in [7, 11) is 0. The third-order valence-corrected chi connectivity index (χ3v) is 6.85. The summed E-state index contributed by atoms with van der Waals surface area (Å²) in [4.78, 5) is 0. The van der Waals surface area contributed by atoms with Gasteiger partial charge >= 0.3 is 0 Å². The lowest BCUT2D eigenvalue weighted by molar-refractivity contribution is 0.176. The molecule has 0 heteroatoms. The fraction of sp³-hybridized carbons (Fsp3) is 0.727. The van der Waals surface area contributed by atoms with Gasteiger partial charge in [-0.05, 0) is 78.8 Å². The first-order valence-corrected chi connectivity index (χ1v) is 9.66. The van der Waals surface area contributed by atoms with E-state index in [1.807, 2.05) is 11.1 Å². The Balaban J connectivity index is 1.73. The quantitative estimate of drug-likeness (QED) is 0.488. The smallest absolute Gasteiger partial charge is 0.00939 e. The van der Waals surface area contributed by atoms with Gasteiger partial charge in [0.25, 0.3) is 0 Å². The van der Waals surface area contributed by atoms with E-state index in [0.29, 0.717) is 5.41 Å². The SMILES string of the molecule is CC(C)(C)C1=CCC2=C1C(C1CC=CCC1)C1CCCCC21.